The van der Waals surface area contributed by atoms with E-state index in [9.17, 15) is 8.76 Å². The molecule has 0 fully saturated rings. The van der Waals surface area contributed by atoms with E-state index in [0.29, 0.717) is 5.75 Å². The summed E-state index contributed by atoms with van der Waals surface area (Å²) in [4.78, 5) is 0. The summed E-state index contributed by atoms with van der Waals surface area (Å²) in [6.45, 7) is 0. The normalized spacial score (nSPS) is 12.6. The molecule has 1 unspecified atom stereocenters. The van der Waals surface area contributed by atoms with Crippen molar-refractivity contribution in [1.29, 1.82) is 0 Å². The molecular formula is C10H7O3S-. The Morgan fingerprint density at radius 3 is 2.57 bits per heavy atom. The molecule has 0 aliphatic carbocycles. The van der Waals surface area contributed by atoms with E-state index in [4.69, 9.17) is 0 Å². The lowest BCUT2D eigenvalue weighted by molar-refractivity contribution is 0.442. The van der Waals surface area contributed by atoms with Crippen molar-refractivity contribution in [2.24, 2.45) is 0 Å². The standard InChI is InChI=1S/C10H8O3S/c11-14(12)13-10-7-3-5-8-4-1-2-6-9(8)10/h1-7H,(H,11,12)/p-1. The molecular weight excluding hydrogens is 200 g/mol. The fourth-order valence-corrected chi connectivity index (χ4v) is 1.63. The van der Waals surface area contributed by atoms with Gasteiger partial charge in [0, 0.05) is 5.39 Å². The van der Waals surface area contributed by atoms with Crippen molar-refractivity contribution >= 4 is 22.1 Å². The maximum Gasteiger partial charge on any atom is 0.147 e. The van der Waals surface area contributed by atoms with Gasteiger partial charge in [0.15, 0.2) is 0 Å². The molecule has 0 amide bonds. The van der Waals surface area contributed by atoms with Crippen molar-refractivity contribution < 1.29 is 12.9 Å². The Balaban J connectivity index is 2.59. The zero-order valence-electron chi connectivity index (χ0n) is 7.17. The van der Waals surface area contributed by atoms with E-state index >= 15 is 0 Å². The average Bonchev–Trinajstić information content (AvgIpc) is 2.18. The molecule has 0 aliphatic heterocycles. The Morgan fingerprint density at radius 2 is 1.79 bits per heavy atom. The summed E-state index contributed by atoms with van der Waals surface area (Å²) < 4.78 is 25.4. The molecule has 0 spiro atoms. The molecule has 0 aromatic heterocycles. The van der Waals surface area contributed by atoms with Crippen molar-refractivity contribution in [2.45, 2.75) is 0 Å². The summed E-state index contributed by atoms with van der Waals surface area (Å²) in [5.74, 6) is 0.358. The fourth-order valence-electron chi connectivity index (χ4n) is 1.34. The summed E-state index contributed by atoms with van der Waals surface area (Å²) in [6.07, 6.45) is 0. The minimum atomic E-state index is -2.52. The van der Waals surface area contributed by atoms with Crippen LogP contribution in [0.4, 0.5) is 0 Å². The van der Waals surface area contributed by atoms with Gasteiger partial charge in [0.25, 0.3) is 0 Å². The molecule has 2 rings (SSSR count). The van der Waals surface area contributed by atoms with Crippen LogP contribution in [0.3, 0.4) is 0 Å². The molecule has 3 nitrogen and oxygen atoms in total. The Morgan fingerprint density at radius 1 is 1.07 bits per heavy atom. The summed E-state index contributed by atoms with van der Waals surface area (Å²) in [7, 11) is 0. The number of rotatable bonds is 2. The lowest BCUT2D eigenvalue weighted by atomic mass is 10.1. The number of hydrogen-bond donors (Lipinski definition) is 0. The first-order valence-electron chi connectivity index (χ1n) is 4.03. The summed E-state index contributed by atoms with van der Waals surface area (Å²) in [5, 5.41) is 1.75. The Hall–Kier alpha value is -1.39. The van der Waals surface area contributed by atoms with E-state index in [0.717, 1.165) is 10.8 Å². The fraction of sp³-hybridized carbons (Fsp3) is 0. The third-order valence-electron chi connectivity index (χ3n) is 1.91. The minimum Gasteiger partial charge on any atom is -0.740 e. The van der Waals surface area contributed by atoms with Gasteiger partial charge in [-0.3, -0.25) is 0 Å². The molecule has 0 saturated heterocycles. The SMILES string of the molecule is O=S([O-])Oc1cccc2ccccc12. The van der Waals surface area contributed by atoms with E-state index in [1.165, 1.54) is 0 Å². The van der Waals surface area contributed by atoms with Crippen molar-refractivity contribution in [3.05, 3.63) is 42.5 Å². The number of hydrogen-bond acceptors (Lipinski definition) is 3. The molecule has 72 valence electrons. The van der Waals surface area contributed by atoms with Crippen molar-refractivity contribution in [1.82, 2.24) is 0 Å². The van der Waals surface area contributed by atoms with Gasteiger partial charge in [-0.15, -0.1) is 0 Å². The molecule has 0 bridgehead atoms. The van der Waals surface area contributed by atoms with Crippen molar-refractivity contribution in [3.8, 4) is 5.75 Å². The van der Waals surface area contributed by atoms with Gasteiger partial charge < -0.3 is 8.74 Å². The van der Waals surface area contributed by atoms with Crippen LogP contribution in [0.5, 0.6) is 5.75 Å². The highest BCUT2D eigenvalue weighted by molar-refractivity contribution is 7.74. The third-order valence-corrected chi connectivity index (χ3v) is 2.22. The second-order valence-electron chi connectivity index (χ2n) is 2.76. The molecule has 0 aliphatic rings. The minimum absolute atomic E-state index is 0.358. The van der Waals surface area contributed by atoms with Gasteiger partial charge in [-0.1, -0.05) is 36.4 Å². The first-order chi connectivity index (χ1) is 6.77. The smallest absolute Gasteiger partial charge is 0.147 e. The highest BCUT2D eigenvalue weighted by Gasteiger charge is 2.00. The van der Waals surface area contributed by atoms with Crippen LogP contribution in [0.15, 0.2) is 42.5 Å². The lowest BCUT2D eigenvalue weighted by Gasteiger charge is -2.09. The second-order valence-corrected chi connectivity index (χ2v) is 3.34. The predicted octanol–water partition coefficient (Wildman–Crippen LogP) is 2.01. The molecule has 1 atom stereocenters. The molecule has 0 saturated carbocycles. The Bertz CT molecular complexity index is 476. The van der Waals surface area contributed by atoms with Gasteiger partial charge in [0.1, 0.15) is 17.1 Å². The summed E-state index contributed by atoms with van der Waals surface area (Å²) >= 11 is -2.52. The highest BCUT2D eigenvalue weighted by Crippen LogP contribution is 2.25. The quantitative estimate of drug-likeness (QED) is 0.708. The average molecular weight is 207 g/mol. The predicted molar refractivity (Wildman–Crippen MR) is 53.5 cm³/mol. The first kappa shape index (κ1) is 9.18. The van der Waals surface area contributed by atoms with Gasteiger partial charge in [-0.25, -0.2) is 4.21 Å². The maximum atomic E-state index is 10.4. The molecule has 4 heteroatoms. The second kappa shape index (κ2) is 3.77. The van der Waals surface area contributed by atoms with E-state index in [1.807, 2.05) is 30.3 Å². The van der Waals surface area contributed by atoms with Gasteiger partial charge in [-0.2, -0.15) is 0 Å². The topological polar surface area (TPSA) is 49.4 Å². The molecule has 0 radical (unpaired) electrons. The van der Waals surface area contributed by atoms with Crippen LogP contribution < -0.4 is 4.18 Å². The zero-order chi connectivity index (χ0) is 9.97. The Labute approximate surface area is 83.8 Å². The highest BCUT2D eigenvalue weighted by atomic mass is 32.2. The molecule has 0 heterocycles. The van der Waals surface area contributed by atoms with Crippen molar-refractivity contribution in [3.63, 3.8) is 0 Å². The van der Waals surface area contributed by atoms with Crippen LogP contribution >= 0.6 is 0 Å². The van der Waals surface area contributed by atoms with Crippen LogP contribution in [0.2, 0.25) is 0 Å². The molecule has 14 heavy (non-hydrogen) atoms. The van der Waals surface area contributed by atoms with E-state index in [1.54, 1.807) is 12.1 Å². The van der Waals surface area contributed by atoms with Crippen molar-refractivity contribution in [2.75, 3.05) is 0 Å². The molecule has 2 aromatic rings. The largest absolute Gasteiger partial charge is 0.740 e. The molecule has 0 N–H and O–H groups in total. The number of benzene rings is 2. The summed E-state index contributed by atoms with van der Waals surface area (Å²) in [6, 6.07) is 12.7. The van der Waals surface area contributed by atoms with Gasteiger partial charge in [0.2, 0.25) is 0 Å². The van der Waals surface area contributed by atoms with Crippen LogP contribution in [-0.4, -0.2) is 8.76 Å². The first-order valence-corrected chi connectivity index (χ1v) is 5.03. The third kappa shape index (κ3) is 1.76. The van der Waals surface area contributed by atoms with Crippen LogP contribution in [-0.2, 0) is 11.4 Å². The summed E-state index contributed by atoms with van der Waals surface area (Å²) in [5.41, 5.74) is 0. The lowest BCUT2D eigenvalue weighted by Crippen LogP contribution is -1.98. The van der Waals surface area contributed by atoms with E-state index in [-0.39, 0.29) is 0 Å². The maximum absolute atomic E-state index is 10.4. The zero-order valence-corrected chi connectivity index (χ0v) is 7.99. The Kier molecular flexibility index (Phi) is 2.47. The van der Waals surface area contributed by atoms with E-state index < -0.39 is 11.4 Å². The van der Waals surface area contributed by atoms with Crippen LogP contribution in [0.25, 0.3) is 10.8 Å². The van der Waals surface area contributed by atoms with Crippen LogP contribution in [0, 0.1) is 0 Å². The van der Waals surface area contributed by atoms with Crippen LogP contribution in [0.1, 0.15) is 0 Å². The number of fused-ring (bicyclic) bond motifs is 1. The molecule has 2 aromatic carbocycles. The van der Waals surface area contributed by atoms with Gasteiger partial charge in [-0.05, 0) is 11.5 Å². The monoisotopic (exact) mass is 207 g/mol. The van der Waals surface area contributed by atoms with E-state index in [2.05, 4.69) is 4.18 Å². The van der Waals surface area contributed by atoms with Gasteiger partial charge >= 0.3 is 0 Å². The van der Waals surface area contributed by atoms with Gasteiger partial charge in [0.05, 0.1) is 0 Å².